The summed E-state index contributed by atoms with van der Waals surface area (Å²) in [5.41, 5.74) is 0.581. The molecule has 1 aromatic rings. The smallest absolute Gasteiger partial charge is 0.170 e. The lowest BCUT2D eigenvalue weighted by molar-refractivity contribution is -0.118. The lowest BCUT2D eigenvalue weighted by Crippen LogP contribution is -2.08. The van der Waals surface area contributed by atoms with Gasteiger partial charge in [0.15, 0.2) is 5.78 Å². The molecule has 0 heterocycles. The van der Waals surface area contributed by atoms with Gasteiger partial charge in [-0.05, 0) is 37.6 Å². The van der Waals surface area contributed by atoms with Gasteiger partial charge < -0.3 is 4.74 Å². The molecule has 21 heavy (non-hydrogen) atoms. The van der Waals surface area contributed by atoms with E-state index < -0.39 is 0 Å². The SMILES string of the molecule is CCCCCCCC(=O)CC(=O)c1ccc(OCC)cc1. The zero-order chi connectivity index (χ0) is 15.5. The molecule has 0 radical (unpaired) electrons. The molecule has 1 rings (SSSR count). The number of hydrogen-bond acceptors (Lipinski definition) is 3. The Labute approximate surface area is 127 Å². The fraction of sp³-hybridized carbons (Fsp3) is 0.556. The summed E-state index contributed by atoms with van der Waals surface area (Å²) >= 11 is 0. The molecule has 0 aromatic heterocycles. The Morgan fingerprint density at radius 1 is 0.952 bits per heavy atom. The van der Waals surface area contributed by atoms with E-state index >= 15 is 0 Å². The van der Waals surface area contributed by atoms with Crippen molar-refractivity contribution in [3.63, 3.8) is 0 Å². The maximum Gasteiger partial charge on any atom is 0.170 e. The Morgan fingerprint density at radius 3 is 2.24 bits per heavy atom. The van der Waals surface area contributed by atoms with Crippen molar-refractivity contribution in [1.29, 1.82) is 0 Å². The third-order valence-electron chi connectivity index (χ3n) is 3.40. The number of ether oxygens (including phenoxy) is 1. The fourth-order valence-electron chi connectivity index (χ4n) is 2.20. The van der Waals surface area contributed by atoms with E-state index in [1.807, 2.05) is 6.92 Å². The van der Waals surface area contributed by atoms with E-state index in [2.05, 4.69) is 6.92 Å². The minimum absolute atomic E-state index is 0.0156. The first kappa shape index (κ1) is 17.4. The second-order valence-electron chi connectivity index (χ2n) is 5.26. The van der Waals surface area contributed by atoms with E-state index in [-0.39, 0.29) is 18.0 Å². The Bertz CT molecular complexity index is 434. The Hall–Kier alpha value is -1.64. The van der Waals surface area contributed by atoms with Crippen LogP contribution in [0.5, 0.6) is 5.75 Å². The van der Waals surface area contributed by atoms with E-state index in [9.17, 15) is 9.59 Å². The van der Waals surface area contributed by atoms with Crippen LogP contribution >= 0.6 is 0 Å². The molecule has 116 valence electrons. The van der Waals surface area contributed by atoms with Crippen LogP contribution in [-0.2, 0) is 4.79 Å². The molecule has 0 fully saturated rings. The van der Waals surface area contributed by atoms with Gasteiger partial charge in [-0.15, -0.1) is 0 Å². The van der Waals surface area contributed by atoms with E-state index in [1.54, 1.807) is 24.3 Å². The highest BCUT2D eigenvalue weighted by molar-refractivity contribution is 6.07. The molecule has 0 N–H and O–H groups in total. The number of carbonyl (C=O) groups excluding carboxylic acids is 2. The summed E-state index contributed by atoms with van der Waals surface area (Å²) < 4.78 is 5.33. The molecule has 0 bridgehead atoms. The number of Topliss-reactive ketones (excluding diaryl/α,β-unsaturated/α-hetero) is 2. The molecular formula is C18H26O3. The minimum Gasteiger partial charge on any atom is -0.494 e. The predicted octanol–water partition coefficient (Wildman–Crippen LogP) is 4.59. The van der Waals surface area contributed by atoms with Gasteiger partial charge in [0.1, 0.15) is 11.5 Å². The first-order chi connectivity index (χ1) is 10.2. The van der Waals surface area contributed by atoms with Gasteiger partial charge in [-0.25, -0.2) is 0 Å². The van der Waals surface area contributed by atoms with Crippen LogP contribution in [0.15, 0.2) is 24.3 Å². The Kier molecular flexibility index (Phi) is 8.41. The molecule has 0 amide bonds. The van der Waals surface area contributed by atoms with Gasteiger partial charge >= 0.3 is 0 Å². The fourth-order valence-corrected chi connectivity index (χ4v) is 2.20. The Morgan fingerprint density at radius 2 is 1.62 bits per heavy atom. The van der Waals surface area contributed by atoms with Crippen molar-refractivity contribution in [2.45, 2.75) is 58.8 Å². The summed E-state index contributed by atoms with van der Waals surface area (Å²) in [6.07, 6.45) is 6.11. The molecular weight excluding hydrogens is 264 g/mol. The molecule has 0 saturated carbocycles. The van der Waals surface area contributed by atoms with Crippen LogP contribution in [-0.4, -0.2) is 18.2 Å². The molecule has 0 aliphatic carbocycles. The maximum atomic E-state index is 12.0. The number of benzene rings is 1. The number of ketones is 2. The standard InChI is InChI=1S/C18H26O3/c1-3-5-6-7-8-9-16(19)14-18(20)15-10-12-17(13-11-15)21-4-2/h10-13H,3-9,14H2,1-2H3. The van der Waals surface area contributed by atoms with Crippen LogP contribution in [0.25, 0.3) is 0 Å². The molecule has 0 spiro atoms. The molecule has 0 aliphatic heterocycles. The van der Waals surface area contributed by atoms with Crippen molar-refractivity contribution < 1.29 is 14.3 Å². The summed E-state index contributed by atoms with van der Waals surface area (Å²) in [5, 5.41) is 0. The van der Waals surface area contributed by atoms with Crippen LogP contribution in [0.1, 0.15) is 69.2 Å². The molecule has 3 nitrogen and oxygen atoms in total. The highest BCUT2D eigenvalue weighted by atomic mass is 16.5. The van der Waals surface area contributed by atoms with Crippen molar-refractivity contribution in [2.24, 2.45) is 0 Å². The average molecular weight is 290 g/mol. The average Bonchev–Trinajstić information content (AvgIpc) is 2.48. The van der Waals surface area contributed by atoms with E-state index in [0.29, 0.717) is 18.6 Å². The number of carbonyl (C=O) groups is 2. The molecule has 0 saturated heterocycles. The summed E-state index contributed by atoms with van der Waals surface area (Å²) in [5.74, 6) is 0.693. The van der Waals surface area contributed by atoms with Gasteiger partial charge in [0.2, 0.25) is 0 Å². The first-order valence-electron chi connectivity index (χ1n) is 7.95. The highest BCUT2D eigenvalue weighted by Gasteiger charge is 2.11. The van der Waals surface area contributed by atoms with Crippen LogP contribution in [0.2, 0.25) is 0 Å². The summed E-state index contributed by atoms with van der Waals surface area (Å²) in [6, 6.07) is 6.99. The van der Waals surface area contributed by atoms with Gasteiger partial charge in [-0.3, -0.25) is 9.59 Å². The van der Waals surface area contributed by atoms with E-state index in [0.717, 1.165) is 18.6 Å². The van der Waals surface area contributed by atoms with Crippen LogP contribution in [0, 0.1) is 0 Å². The lowest BCUT2D eigenvalue weighted by atomic mass is 10.0. The number of hydrogen-bond donors (Lipinski definition) is 0. The van der Waals surface area contributed by atoms with Crippen molar-refractivity contribution in [3.8, 4) is 5.75 Å². The molecule has 0 aliphatic rings. The second kappa shape index (κ2) is 10.1. The quantitative estimate of drug-likeness (QED) is 0.340. The van der Waals surface area contributed by atoms with Crippen LogP contribution in [0.3, 0.4) is 0 Å². The zero-order valence-electron chi connectivity index (χ0n) is 13.2. The van der Waals surface area contributed by atoms with E-state index in [1.165, 1.54) is 19.3 Å². The molecule has 1 aromatic carbocycles. The monoisotopic (exact) mass is 290 g/mol. The van der Waals surface area contributed by atoms with Gasteiger partial charge in [0.25, 0.3) is 0 Å². The van der Waals surface area contributed by atoms with Gasteiger partial charge in [0, 0.05) is 12.0 Å². The molecule has 3 heteroatoms. The normalized spacial score (nSPS) is 10.4. The topological polar surface area (TPSA) is 43.4 Å². The predicted molar refractivity (Wildman–Crippen MR) is 84.9 cm³/mol. The minimum atomic E-state index is -0.100. The van der Waals surface area contributed by atoms with Crippen LogP contribution in [0.4, 0.5) is 0 Å². The van der Waals surface area contributed by atoms with Crippen molar-refractivity contribution in [1.82, 2.24) is 0 Å². The maximum absolute atomic E-state index is 12.0. The summed E-state index contributed by atoms with van der Waals surface area (Å²) in [4.78, 5) is 23.8. The van der Waals surface area contributed by atoms with Crippen LogP contribution < -0.4 is 4.74 Å². The second-order valence-corrected chi connectivity index (χ2v) is 5.26. The van der Waals surface area contributed by atoms with Crippen molar-refractivity contribution in [3.05, 3.63) is 29.8 Å². The third kappa shape index (κ3) is 7.07. The zero-order valence-corrected chi connectivity index (χ0v) is 13.2. The third-order valence-corrected chi connectivity index (χ3v) is 3.40. The first-order valence-corrected chi connectivity index (χ1v) is 7.95. The van der Waals surface area contributed by atoms with Gasteiger partial charge in [-0.2, -0.15) is 0 Å². The van der Waals surface area contributed by atoms with Crippen molar-refractivity contribution in [2.75, 3.05) is 6.61 Å². The van der Waals surface area contributed by atoms with E-state index in [4.69, 9.17) is 4.74 Å². The summed E-state index contributed by atoms with van der Waals surface area (Å²) in [6.45, 7) is 4.68. The number of unbranched alkanes of at least 4 members (excludes halogenated alkanes) is 4. The lowest BCUT2D eigenvalue weighted by Gasteiger charge is -2.04. The highest BCUT2D eigenvalue weighted by Crippen LogP contribution is 2.14. The molecule has 0 atom stereocenters. The molecule has 0 unspecified atom stereocenters. The van der Waals surface area contributed by atoms with Crippen molar-refractivity contribution >= 4 is 11.6 Å². The van der Waals surface area contributed by atoms with Gasteiger partial charge in [-0.1, -0.05) is 32.6 Å². The summed E-state index contributed by atoms with van der Waals surface area (Å²) in [7, 11) is 0. The number of rotatable bonds is 11. The Balaban J connectivity index is 2.33. The van der Waals surface area contributed by atoms with Gasteiger partial charge in [0.05, 0.1) is 13.0 Å². The largest absolute Gasteiger partial charge is 0.494 e.